The Bertz CT molecular complexity index is 1160. The van der Waals surface area contributed by atoms with Crippen LogP contribution in [0.2, 0.25) is 0 Å². The molecule has 0 fully saturated rings. The van der Waals surface area contributed by atoms with Crippen LogP contribution in [-0.2, 0) is 10.0 Å². The highest BCUT2D eigenvalue weighted by atomic mass is 32.2. The number of hydrogen-bond donors (Lipinski definition) is 2. The molecule has 3 aromatic rings. The second-order valence-corrected chi connectivity index (χ2v) is 8.74. The fourth-order valence-corrected chi connectivity index (χ4v) is 3.93. The third-order valence-electron chi connectivity index (χ3n) is 4.52. The second-order valence-electron chi connectivity index (χ2n) is 7.06. The number of carbonyl (C=O) groups is 1. The fourth-order valence-electron chi connectivity index (χ4n) is 2.80. The molecular weight excluding hydrogens is 419 g/mol. The van der Waals surface area contributed by atoms with Crippen LogP contribution in [-0.4, -0.2) is 27.0 Å². The molecule has 0 heterocycles. The highest BCUT2D eigenvalue weighted by Gasteiger charge is 2.17. The first-order valence-corrected chi connectivity index (χ1v) is 11.1. The maximum absolute atomic E-state index is 13.6. The first-order valence-electron chi connectivity index (χ1n) is 9.63. The maximum atomic E-state index is 13.6. The van der Waals surface area contributed by atoms with Gasteiger partial charge in [-0.3, -0.25) is 9.52 Å². The minimum Gasteiger partial charge on any atom is -0.488 e. The SMILES string of the molecule is Cc1ccccc1NS(=O)(=O)c1ccc(C(=O)NC(C)COc2ccccc2F)cc1. The first-order chi connectivity index (χ1) is 14.8. The highest BCUT2D eigenvalue weighted by molar-refractivity contribution is 7.92. The summed E-state index contributed by atoms with van der Waals surface area (Å²) in [5.41, 5.74) is 1.59. The van der Waals surface area contributed by atoms with Crippen molar-refractivity contribution in [3.05, 3.63) is 89.7 Å². The van der Waals surface area contributed by atoms with Crippen LogP contribution in [0.25, 0.3) is 0 Å². The van der Waals surface area contributed by atoms with E-state index in [1.54, 1.807) is 31.2 Å². The third kappa shape index (κ3) is 5.82. The lowest BCUT2D eigenvalue weighted by Crippen LogP contribution is -2.36. The summed E-state index contributed by atoms with van der Waals surface area (Å²) < 4.78 is 46.7. The number of anilines is 1. The standard InChI is InChI=1S/C23H23FN2O4S/c1-16-7-3-5-9-21(16)26-31(28,29)19-13-11-18(12-14-19)23(27)25-17(2)15-30-22-10-6-4-8-20(22)24/h3-14,17,26H,15H2,1-2H3,(H,25,27). The smallest absolute Gasteiger partial charge is 0.261 e. The number of carbonyl (C=O) groups excluding carboxylic acids is 1. The van der Waals surface area contributed by atoms with Crippen LogP contribution in [0.5, 0.6) is 5.75 Å². The minimum absolute atomic E-state index is 0.0447. The van der Waals surface area contributed by atoms with Crippen molar-refractivity contribution in [1.82, 2.24) is 5.32 Å². The van der Waals surface area contributed by atoms with Gasteiger partial charge in [-0.25, -0.2) is 12.8 Å². The van der Waals surface area contributed by atoms with E-state index in [9.17, 15) is 17.6 Å². The van der Waals surface area contributed by atoms with E-state index in [1.165, 1.54) is 36.4 Å². The minimum atomic E-state index is -3.78. The molecule has 6 nitrogen and oxygen atoms in total. The molecule has 0 spiro atoms. The van der Waals surface area contributed by atoms with Crippen molar-refractivity contribution in [2.24, 2.45) is 0 Å². The van der Waals surface area contributed by atoms with Crippen molar-refractivity contribution in [1.29, 1.82) is 0 Å². The molecule has 1 amide bonds. The van der Waals surface area contributed by atoms with E-state index in [1.807, 2.05) is 19.1 Å². The van der Waals surface area contributed by atoms with Crippen LogP contribution >= 0.6 is 0 Å². The van der Waals surface area contributed by atoms with Crippen LogP contribution in [0, 0.1) is 12.7 Å². The lowest BCUT2D eigenvalue weighted by molar-refractivity contribution is 0.0926. The zero-order valence-corrected chi connectivity index (χ0v) is 17.9. The molecule has 2 N–H and O–H groups in total. The van der Waals surface area contributed by atoms with Crippen molar-refractivity contribution < 1.29 is 22.3 Å². The maximum Gasteiger partial charge on any atom is 0.261 e. The molecule has 0 aromatic heterocycles. The van der Waals surface area contributed by atoms with Gasteiger partial charge in [0.25, 0.3) is 15.9 Å². The number of halogens is 1. The van der Waals surface area contributed by atoms with E-state index in [2.05, 4.69) is 10.0 Å². The molecule has 3 aromatic carbocycles. The normalized spacial score (nSPS) is 12.1. The Morgan fingerprint density at radius 3 is 2.32 bits per heavy atom. The molecule has 1 unspecified atom stereocenters. The van der Waals surface area contributed by atoms with Gasteiger partial charge in [-0.2, -0.15) is 0 Å². The van der Waals surface area contributed by atoms with Gasteiger partial charge in [0.05, 0.1) is 16.6 Å². The first kappa shape index (κ1) is 22.3. The molecule has 0 aliphatic rings. The van der Waals surface area contributed by atoms with Crippen molar-refractivity contribution in [2.45, 2.75) is 24.8 Å². The number of amides is 1. The molecule has 1 atom stereocenters. The molecule has 0 aliphatic heterocycles. The van der Waals surface area contributed by atoms with E-state index in [-0.39, 0.29) is 23.2 Å². The molecule has 8 heteroatoms. The molecule has 31 heavy (non-hydrogen) atoms. The summed E-state index contributed by atoms with van der Waals surface area (Å²) in [6.07, 6.45) is 0. The van der Waals surface area contributed by atoms with Crippen LogP contribution in [0.1, 0.15) is 22.8 Å². The fraction of sp³-hybridized carbons (Fsp3) is 0.174. The van der Waals surface area contributed by atoms with E-state index in [0.717, 1.165) is 5.56 Å². The Morgan fingerprint density at radius 2 is 1.65 bits per heavy atom. The van der Waals surface area contributed by atoms with Gasteiger partial charge < -0.3 is 10.1 Å². The summed E-state index contributed by atoms with van der Waals surface area (Å²) in [6.45, 7) is 3.62. The van der Waals surface area contributed by atoms with E-state index in [0.29, 0.717) is 11.3 Å². The average Bonchev–Trinajstić information content (AvgIpc) is 2.75. The molecule has 162 valence electrons. The van der Waals surface area contributed by atoms with Crippen LogP contribution in [0.4, 0.5) is 10.1 Å². The Labute approximate surface area is 181 Å². The van der Waals surface area contributed by atoms with Gasteiger partial charge in [0.2, 0.25) is 0 Å². The lowest BCUT2D eigenvalue weighted by atomic mass is 10.2. The number of benzene rings is 3. The van der Waals surface area contributed by atoms with Crippen molar-refractivity contribution >= 4 is 21.6 Å². The Balaban J connectivity index is 1.60. The van der Waals surface area contributed by atoms with Crippen LogP contribution in [0.15, 0.2) is 77.7 Å². The summed E-state index contributed by atoms with van der Waals surface area (Å²) in [5.74, 6) is -0.753. The summed E-state index contributed by atoms with van der Waals surface area (Å²) in [7, 11) is -3.78. The number of ether oxygens (including phenoxy) is 1. The number of rotatable bonds is 8. The van der Waals surface area contributed by atoms with Gasteiger partial charge in [-0.1, -0.05) is 30.3 Å². The molecule has 0 aliphatic carbocycles. The summed E-state index contributed by atoms with van der Waals surface area (Å²) in [5, 5.41) is 2.74. The van der Waals surface area contributed by atoms with Gasteiger partial charge in [0.1, 0.15) is 6.61 Å². The van der Waals surface area contributed by atoms with Crippen molar-refractivity contribution in [3.63, 3.8) is 0 Å². The monoisotopic (exact) mass is 442 g/mol. The summed E-state index contributed by atoms with van der Waals surface area (Å²) in [4.78, 5) is 12.5. The van der Waals surface area contributed by atoms with Crippen LogP contribution in [0.3, 0.4) is 0 Å². The zero-order valence-electron chi connectivity index (χ0n) is 17.1. The summed E-state index contributed by atoms with van der Waals surface area (Å²) >= 11 is 0. The largest absolute Gasteiger partial charge is 0.488 e. The van der Waals surface area contributed by atoms with E-state index in [4.69, 9.17) is 4.74 Å². The number of aryl methyl sites for hydroxylation is 1. The number of nitrogens with one attached hydrogen (secondary N) is 2. The Hall–Kier alpha value is -3.39. The topological polar surface area (TPSA) is 84.5 Å². The molecule has 3 rings (SSSR count). The quantitative estimate of drug-likeness (QED) is 0.549. The van der Waals surface area contributed by atoms with E-state index >= 15 is 0 Å². The van der Waals surface area contributed by atoms with Gasteiger partial charge in [0, 0.05) is 5.56 Å². The Kier molecular flexibility index (Phi) is 6.91. The van der Waals surface area contributed by atoms with Gasteiger partial charge in [-0.05, 0) is 61.9 Å². The zero-order chi connectivity index (χ0) is 22.4. The predicted octanol–water partition coefficient (Wildman–Crippen LogP) is 4.13. The molecular formula is C23H23FN2O4S. The Morgan fingerprint density at radius 1 is 1.00 bits per heavy atom. The molecule has 0 radical (unpaired) electrons. The average molecular weight is 443 g/mol. The van der Waals surface area contributed by atoms with Gasteiger partial charge in [0.15, 0.2) is 11.6 Å². The summed E-state index contributed by atoms with van der Waals surface area (Å²) in [6, 6.07) is 18.3. The number of sulfonamides is 1. The van der Waals surface area contributed by atoms with Gasteiger partial charge >= 0.3 is 0 Å². The second kappa shape index (κ2) is 9.61. The van der Waals surface area contributed by atoms with E-state index < -0.39 is 21.9 Å². The lowest BCUT2D eigenvalue weighted by Gasteiger charge is -2.15. The number of para-hydroxylation sites is 2. The molecule has 0 saturated carbocycles. The van der Waals surface area contributed by atoms with Crippen LogP contribution < -0.4 is 14.8 Å². The number of hydrogen-bond acceptors (Lipinski definition) is 4. The predicted molar refractivity (Wildman–Crippen MR) is 117 cm³/mol. The molecule has 0 saturated heterocycles. The van der Waals surface area contributed by atoms with Crippen molar-refractivity contribution in [2.75, 3.05) is 11.3 Å². The molecule has 0 bridgehead atoms. The van der Waals surface area contributed by atoms with Crippen molar-refractivity contribution in [3.8, 4) is 5.75 Å². The highest BCUT2D eigenvalue weighted by Crippen LogP contribution is 2.20. The third-order valence-corrected chi connectivity index (χ3v) is 5.90. The van der Waals surface area contributed by atoms with Gasteiger partial charge in [-0.15, -0.1) is 0 Å².